The van der Waals surface area contributed by atoms with Crippen molar-refractivity contribution in [3.8, 4) is 21.8 Å². The largest absolute Gasteiger partial charge is 0.326 e. The van der Waals surface area contributed by atoms with E-state index in [1.54, 1.807) is 11.3 Å². The van der Waals surface area contributed by atoms with Gasteiger partial charge in [-0.05, 0) is 30.7 Å². The second kappa shape index (κ2) is 7.60. The Morgan fingerprint density at radius 2 is 1.96 bits per heavy atom. The Bertz CT molecular complexity index is 843. The van der Waals surface area contributed by atoms with E-state index in [2.05, 4.69) is 5.32 Å². The van der Waals surface area contributed by atoms with Crippen LogP contribution in [-0.2, 0) is 4.79 Å². The predicted molar refractivity (Wildman–Crippen MR) is 102 cm³/mol. The van der Waals surface area contributed by atoms with Crippen LogP contribution in [0, 0.1) is 0 Å². The van der Waals surface area contributed by atoms with Crippen molar-refractivity contribution in [1.82, 2.24) is 4.98 Å². The highest BCUT2D eigenvalue weighted by Gasteiger charge is 2.08. The molecule has 0 aliphatic heterocycles. The molecule has 0 saturated heterocycles. The zero-order valence-electron chi connectivity index (χ0n) is 13.3. The van der Waals surface area contributed by atoms with E-state index < -0.39 is 0 Å². The molecule has 0 aliphatic rings. The number of hydrogen-bond acceptors (Lipinski definition) is 3. The molecular formula is C19H17ClN2OS. The van der Waals surface area contributed by atoms with E-state index in [0.717, 1.165) is 33.9 Å². The van der Waals surface area contributed by atoms with Gasteiger partial charge in [-0.15, -0.1) is 11.3 Å². The average Bonchev–Trinajstić information content (AvgIpc) is 3.06. The fourth-order valence-corrected chi connectivity index (χ4v) is 3.30. The van der Waals surface area contributed by atoms with Gasteiger partial charge in [-0.25, -0.2) is 4.98 Å². The van der Waals surface area contributed by atoms with E-state index in [9.17, 15) is 4.79 Å². The molecule has 1 amide bonds. The average molecular weight is 357 g/mol. The van der Waals surface area contributed by atoms with E-state index in [1.807, 2.05) is 60.8 Å². The molecule has 2 aromatic carbocycles. The molecule has 0 atom stereocenters. The van der Waals surface area contributed by atoms with Gasteiger partial charge in [0.25, 0.3) is 0 Å². The van der Waals surface area contributed by atoms with Crippen molar-refractivity contribution >= 4 is 34.5 Å². The lowest BCUT2D eigenvalue weighted by Gasteiger charge is -2.05. The van der Waals surface area contributed by atoms with Crippen molar-refractivity contribution in [2.45, 2.75) is 19.8 Å². The molecular weight excluding hydrogens is 340 g/mol. The van der Waals surface area contributed by atoms with E-state index in [0.29, 0.717) is 11.4 Å². The van der Waals surface area contributed by atoms with Crippen LogP contribution in [-0.4, -0.2) is 10.9 Å². The van der Waals surface area contributed by atoms with E-state index in [-0.39, 0.29) is 5.91 Å². The van der Waals surface area contributed by atoms with E-state index in [4.69, 9.17) is 16.6 Å². The SMILES string of the molecule is CCCC(=O)Nc1cccc(-c2csc(-c3ccc(Cl)cc3)n2)c1. The van der Waals surface area contributed by atoms with Crippen molar-refractivity contribution in [2.24, 2.45) is 0 Å². The molecule has 0 fully saturated rings. The lowest BCUT2D eigenvalue weighted by molar-refractivity contribution is -0.116. The van der Waals surface area contributed by atoms with Gasteiger partial charge >= 0.3 is 0 Å². The molecule has 0 aliphatic carbocycles. The Hall–Kier alpha value is -2.17. The molecule has 24 heavy (non-hydrogen) atoms. The topological polar surface area (TPSA) is 42.0 Å². The summed E-state index contributed by atoms with van der Waals surface area (Å²) in [6.07, 6.45) is 1.36. The number of nitrogens with zero attached hydrogens (tertiary/aromatic N) is 1. The van der Waals surface area contributed by atoms with Crippen LogP contribution >= 0.6 is 22.9 Å². The molecule has 3 rings (SSSR count). The van der Waals surface area contributed by atoms with Crippen LogP contribution in [0.5, 0.6) is 0 Å². The summed E-state index contributed by atoms with van der Waals surface area (Å²) in [5.41, 5.74) is 3.73. The number of aromatic nitrogens is 1. The van der Waals surface area contributed by atoms with Gasteiger partial charge in [0.2, 0.25) is 5.91 Å². The van der Waals surface area contributed by atoms with Crippen molar-refractivity contribution in [3.63, 3.8) is 0 Å². The van der Waals surface area contributed by atoms with Gasteiger partial charge in [0.05, 0.1) is 5.69 Å². The Labute approximate surface area is 150 Å². The number of rotatable bonds is 5. The standard InChI is InChI=1S/C19H17ClN2OS/c1-2-4-18(23)21-16-6-3-5-14(11-16)17-12-24-19(22-17)13-7-9-15(20)10-8-13/h3,5-12H,2,4H2,1H3,(H,21,23). The molecule has 1 aromatic heterocycles. The smallest absolute Gasteiger partial charge is 0.224 e. The number of nitrogens with one attached hydrogen (secondary N) is 1. The third-order valence-corrected chi connectivity index (χ3v) is 4.66. The third-order valence-electron chi connectivity index (χ3n) is 3.51. The van der Waals surface area contributed by atoms with Gasteiger partial charge in [0.1, 0.15) is 5.01 Å². The number of benzene rings is 2. The van der Waals surface area contributed by atoms with Crippen molar-refractivity contribution in [1.29, 1.82) is 0 Å². The Balaban J connectivity index is 1.82. The molecule has 0 spiro atoms. The number of hydrogen-bond donors (Lipinski definition) is 1. The maximum absolute atomic E-state index is 11.7. The van der Waals surface area contributed by atoms with Crippen LogP contribution in [0.2, 0.25) is 5.02 Å². The fraction of sp³-hybridized carbons (Fsp3) is 0.158. The first-order valence-corrected chi connectivity index (χ1v) is 9.03. The molecule has 0 saturated carbocycles. The van der Waals surface area contributed by atoms with Gasteiger partial charge in [-0.3, -0.25) is 4.79 Å². The molecule has 122 valence electrons. The quantitative estimate of drug-likeness (QED) is 0.621. The Morgan fingerprint density at radius 3 is 2.71 bits per heavy atom. The van der Waals surface area contributed by atoms with Crippen LogP contribution in [0.15, 0.2) is 53.9 Å². The summed E-state index contributed by atoms with van der Waals surface area (Å²) in [7, 11) is 0. The lowest BCUT2D eigenvalue weighted by atomic mass is 10.1. The highest BCUT2D eigenvalue weighted by Crippen LogP contribution is 2.30. The second-order valence-corrected chi connectivity index (χ2v) is 6.72. The van der Waals surface area contributed by atoms with E-state index in [1.165, 1.54) is 0 Å². The first kappa shape index (κ1) is 16.7. The first-order valence-electron chi connectivity index (χ1n) is 7.77. The summed E-state index contributed by atoms with van der Waals surface area (Å²) in [5.74, 6) is 0.0368. The van der Waals surface area contributed by atoms with Crippen LogP contribution < -0.4 is 5.32 Å². The number of amides is 1. The molecule has 1 N–H and O–H groups in total. The number of halogens is 1. The van der Waals surface area contributed by atoms with Crippen molar-refractivity contribution in [2.75, 3.05) is 5.32 Å². The monoisotopic (exact) mass is 356 g/mol. The number of carbonyl (C=O) groups excluding carboxylic acids is 1. The molecule has 0 bridgehead atoms. The van der Waals surface area contributed by atoms with Crippen LogP contribution in [0.3, 0.4) is 0 Å². The van der Waals surface area contributed by atoms with Gasteiger partial charge in [-0.2, -0.15) is 0 Å². The molecule has 0 unspecified atom stereocenters. The fourth-order valence-electron chi connectivity index (χ4n) is 2.34. The van der Waals surface area contributed by atoms with Gasteiger partial charge in [-0.1, -0.05) is 42.8 Å². The maximum Gasteiger partial charge on any atom is 0.224 e. The lowest BCUT2D eigenvalue weighted by Crippen LogP contribution is -2.10. The summed E-state index contributed by atoms with van der Waals surface area (Å²) in [4.78, 5) is 16.4. The summed E-state index contributed by atoms with van der Waals surface area (Å²) in [5, 5.41) is 6.60. The summed E-state index contributed by atoms with van der Waals surface area (Å²) < 4.78 is 0. The zero-order valence-corrected chi connectivity index (χ0v) is 14.8. The summed E-state index contributed by atoms with van der Waals surface area (Å²) in [6, 6.07) is 15.4. The molecule has 0 radical (unpaired) electrons. The Morgan fingerprint density at radius 1 is 1.17 bits per heavy atom. The second-order valence-electron chi connectivity index (χ2n) is 5.42. The number of anilines is 1. The maximum atomic E-state index is 11.7. The highest BCUT2D eigenvalue weighted by molar-refractivity contribution is 7.13. The molecule has 1 heterocycles. The highest BCUT2D eigenvalue weighted by atomic mass is 35.5. The molecule has 5 heteroatoms. The minimum atomic E-state index is 0.0368. The summed E-state index contributed by atoms with van der Waals surface area (Å²) in [6.45, 7) is 1.99. The molecule has 3 nitrogen and oxygen atoms in total. The van der Waals surface area contributed by atoms with Crippen LogP contribution in [0.4, 0.5) is 5.69 Å². The number of thiazole rings is 1. The third kappa shape index (κ3) is 4.02. The van der Waals surface area contributed by atoms with Gasteiger partial charge in [0.15, 0.2) is 0 Å². The zero-order chi connectivity index (χ0) is 16.9. The van der Waals surface area contributed by atoms with Crippen LogP contribution in [0.25, 0.3) is 21.8 Å². The number of carbonyl (C=O) groups is 1. The summed E-state index contributed by atoms with van der Waals surface area (Å²) >= 11 is 7.52. The van der Waals surface area contributed by atoms with Gasteiger partial charge < -0.3 is 5.32 Å². The van der Waals surface area contributed by atoms with Gasteiger partial charge in [0, 0.05) is 33.6 Å². The minimum Gasteiger partial charge on any atom is -0.326 e. The van der Waals surface area contributed by atoms with Crippen molar-refractivity contribution < 1.29 is 4.79 Å². The Kier molecular flexibility index (Phi) is 5.28. The van der Waals surface area contributed by atoms with E-state index >= 15 is 0 Å². The first-order chi connectivity index (χ1) is 11.7. The van der Waals surface area contributed by atoms with Crippen molar-refractivity contribution in [3.05, 3.63) is 58.9 Å². The molecule has 3 aromatic rings. The van der Waals surface area contributed by atoms with Crippen LogP contribution in [0.1, 0.15) is 19.8 Å². The minimum absolute atomic E-state index is 0.0368. The predicted octanol–water partition coefficient (Wildman–Crippen LogP) is 5.87. The normalized spacial score (nSPS) is 10.6.